The van der Waals surface area contributed by atoms with Crippen LogP contribution in [-0.4, -0.2) is 12.6 Å². The number of nitrogens with zero attached hydrogens (tertiary/aromatic N) is 1. The number of benzene rings is 2. The molecule has 2 aromatic rings. The Labute approximate surface area is 118 Å². The first-order chi connectivity index (χ1) is 9.75. The molecule has 3 nitrogen and oxygen atoms in total. The Morgan fingerprint density at radius 2 is 1.90 bits per heavy atom. The Bertz CT molecular complexity index is 622. The largest absolute Gasteiger partial charge is 0.419 e. The van der Waals surface area contributed by atoms with Gasteiger partial charge in [0.05, 0.1) is 5.69 Å². The molecule has 0 aliphatic carbocycles. The Morgan fingerprint density at radius 1 is 1.10 bits per heavy atom. The maximum Gasteiger partial charge on any atom is 0.419 e. The van der Waals surface area contributed by atoms with Gasteiger partial charge in [0.25, 0.3) is 0 Å². The van der Waals surface area contributed by atoms with Gasteiger partial charge in [0.15, 0.2) is 0 Å². The van der Waals surface area contributed by atoms with Crippen LogP contribution in [0.1, 0.15) is 17.5 Å². The molecule has 1 heterocycles. The van der Waals surface area contributed by atoms with Crippen molar-refractivity contribution in [3.63, 3.8) is 0 Å². The molecular formula is C17H17NO2. The number of ether oxygens (including phenoxy) is 1. The second kappa shape index (κ2) is 5.37. The summed E-state index contributed by atoms with van der Waals surface area (Å²) in [5.41, 5.74) is 3.35. The Hall–Kier alpha value is -2.29. The van der Waals surface area contributed by atoms with Gasteiger partial charge in [-0.1, -0.05) is 36.4 Å². The molecule has 0 spiro atoms. The summed E-state index contributed by atoms with van der Waals surface area (Å²) >= 11 is 0. The van der Waals surface area contributed by atoms with E-state index in [1.807, 2.05) is 37.3 Å². The minimum Gasteiger partial charge on any atom is -0.410 e. The highest BCUT2D eigenvalue weighted by Gasteiger charge is 2.25. The lowest BCUT2D eigenvalue weighted by Gasteiger charge is -2.30. The van der Waals surface area contributed by atoms with Crippen LogP contribution in [0.4, 0.5) is 10.5 Å². The number of carbonyl (C=O) groups excluding carboxylic acids is 1. The second-order valence-corrected chi connectivity index (χ2v) is 5.02. The number of hydrogen-bond donors (Lipinski definition) is 0. The molecular weight excluding hydrogens is 250 g/mol. The van der Waals surface area contributed by atoms with Gasteiger partial charge < -0.3 is 4.74 Å². The Balaban J connectivity index is 1.87. The van der Waals surface area contributed by atoms with Gasteiger partial charge >= 0.3 is 6.09 Å². The van der Waals surface area contributed by atoms with Crippen LogP contribution >= 0.6 is 0 Å². The zero-order chi connectivity index (χ0) is 13.9. The standard InChI is InChI=1S/C17H17NO2/c1-13-7-5-8-14-9-6-12-18(16(13)14)17(19)20-15-10-3-2-4-11-15/h2-5,7-8,10-11H,6,9,12H2,1H3. The van der Waals surface area contributed by atoms with Crippen molar-refractivity contribution in [1.29, 1.82) is 0 Å². The highest BCUT2D eigenvalue weighted by molar-refractivity contribution is 5.91. The van der Waals surface area contributed by atoms with E-state index in [1.165, 1.54) is 5.56 Å². The third kappa shape index (κ3) is 2.39. The maximum atomic E-state index is 12.4. The average Bonchev–Trinajstić information content (AvgIpc) is 2.48. The normalized spacial score (nSPS) is 13.8. The van der Waals surface area contributed by atoms with Crippen molar-refractivity contribution in [1.82, 2.24) is 0 Å². The summed E-state index contributed by atoms with van der Waals surface area (Å²) in [6.07, 6.45) is 1.69. The van der Waals surface area contributed by atoms with Crippen LogP contribution in [0.15, 0.2) is 48.5 Å². The van der Waals surface area contributed by atoms with Crippen molar-refractivity contribution in [2.45, 2.75) is 19.8 Å². The number of para-hydroxylation sites is 2. The first-order valence-corrected chi connectivity index (χ1v) is 6.88. The molecule has 2 aromatic carbocycles. The van der Waals surface area contributed by atoms with Crippen molar-refractivity contribution in [2.24, 2.45) is 0 Å². The van der Waals surface area contributed by atoms with Crippen LogP contribution in [0.2, 0.25) is 0 Å². The molecule has 102 valence electrons. The van der Waals surface area contributed by atoms with Crippen molar-refractivity contribution < 1.29 is 9.53 Å². The summed E-state index contributed by atoms with van der Waals surface area (Å²) in [4.78, 5) is 14.1. The first-order valence-electron chi connectivity index (χ1n) is 6.88. The number of rotatable bonds is 1. The second-order valence-electron chi connectivity index (χ2n) is 5.02. The lowest BCUT2D eigenvalue weighted by molar-refractivity contribution is 0.207. The highest BCUT2D eigenvalue weighted by atomic mass is 16.6. The highest BCUT2D eigenvalue weighted by Crippen LogP contribution is 2.31. The predicted octanol–water partition coefficient (Wildman–Crippen LogP) is 3.95. The topological polar surface area (TPSA) is 29.5 Å². The summed E-state index contributed by atoms with van der Waals surface area (Å²) < 4.78 is 5.45. The Kier molecular flexibility index (Phi) is 3.42. The summed E-state index contributed by atoms with van der Waals surface area (Å²) in [5, 5.41) is 0. The molecule has 1 aliphatic rings. The summed E-state index contributed by atoms with van der Waals surface area (Å²) in [6, 6.07) is 15.4. The molecule has 0 saturated heterocycles. The summed E-state index contributed by atoms with van der Waals surface area (Å²) in [6.45, 7) is 2.75. The van der Waals surface area contributed by atoms with Crippen LogP contribution in [0.25, 0.3) is 0 Å². The summed E-state index contributed by atoms with van der Waals surface area (Å²) in [7, 11) is 0. The van der Waals surface area contributed by atoms with E-state index in [2.05, 4.69) is 6.07 Å². The quantitative estimate of drug-likeness (QED) is 0.783. The SMILES string of the molecule is Cc1cccc2c1N(C(=O)Oc1ccccc1)CCC2. The van der Waals surface area contributed by atoms with Crippen molar-refractivity contribution in [2.75, 3.05) is 11.4 Å². The molecule has 0 bridgehead atoms. The number of hydrogen-bond acceptors (Lipinski definition) is 2. The number of carbonyl (C=O) groups is 1. The molecule has 3 rings (SSSR count). The van der Waals surface area contributed by atoms with Crippen LogP contribution in [0.5, 0.6) is 5.75 Å². The molecule has 0 radical (unpaired) electrons. The number of anilines is 1. The number of amides is 1. The first kappa shape index (κ1) is 12.7. The fourth-order valence-electron chi connectivity index (χ4n) is 2.67. The lowest BCUT2D eigenvalue weighted by Crippen LogP contribution is -2.38. The molecule has 0 unspecified atom stereocenters. The average molecular weight is 267 g/mol. The maximum absolute atomic E-state index is 12.4. The monoisotopic (exact) mass is 267 g/mol. The number of fused-ring (bicyclic) bond motifs is 1. The van der Waals surface area contributed by atoms with Gasteiger partial charge in [-0.05, 0) is 43.0 Å². The molecule has 20 heavy (non-hydrogen) atoms. The zero-order valence-corrected chi connectivity index (χ0v) is 11.5. The van der Waals surface area contributed by atoms with E-state index >= 15 is 0 Å². The number of aryl methyl sites for hydroxylation is 2. The van der Waals surface area contributed by atoms with Crippen LogP contribution in [0, 0.1) is 6.92 Å². The van der Waals surface area contributed by atoms with E-state index in [4.69, 9.17) is 4.74 Å². The fraction of sp³-hybridized carbons (Fsp3) is 0.235. The van der Waals surface area contributed by atoms with Gasteiger partial charge in [0, 0.05) is 6.54 Å². The third-order valence-electron chi connectivity index (χ3n) is 3.59. The third-order valence-corrected chi connectivity index (χ3v) is 3.59. The van der Waals surface area contributed by atoms with E-state index < -0.39 is 0 Å². The zero-order valence-electron chi connectivity index (χ0n) is 11.5. The molecule has 0 atom stereocenters. The van der Waals surface area contributed by atoms with Crippen LogP contribution in [-0.2, 0) is 6.42 Å². The van der Waals surface area contributed by atoms with E-state index in [0.717, 1.165) is 24.1 Å². The predicted molar refractivity (Wildman–Crippen MR) is 79.3 cm³/mol. The van der Waals surface area contributed by atoms with Crippen molar-refractivity contribution in [3.05, 3.63) is 59.7 Å². The van der Waals surface area contributed by atoms with Crippen LogP contribution in [0.3, 0.4) is 0 Å². The van der Waals surface area contributed by atoms with E-state index in [1.54, 1.807) is 17.0 Å². The molecule has 1 amide bonds. The fourth-order valence-corrected chi connectivity index (χ4v) is 2.67. The molecule has 1 aliphatic heterocycles. The van der Waals surface area contributed by atoms with Gasteiger partial charge in [-0.15, -0.1) is 0 Å². The van der Waals surface area contributed by atoms with Gasteiger partial charge in [-0.3, -0.25) is 4.90 Å². The molecule has 3 heteroatoms. The van der Waals surface area contributed by atoms with Gasteiger partial charge in [0.1, 0.15) is 5.75 Å². The van der Waals surface area contributed by atoms with Gasteiger partial charge in [-0.2, -0.15) is 0 Å². The molecule has 0 fully saturated rings. The van der Waals surface area contributed by atoms with Crippen molar-refractivity contribution in [3.8, 4) is 5.75 Å². The smallest absolute Gasteiger partial charge is 0.410 e. The minimum atomic E-state index is -0.300. The van der Waals surface area contributed by atoms with E-state index in [9.17, 15) is 4.79 Å². The van der Waals surface area contributed by atoms with Crippen molar-refractivity contribution >= 4 is 11.8 Å². The van der Waals surface area contributed by atoms with E-state index in [-0.39, 0.29) is 6.09 Å². The van der Waals surface area contributed by atoms with Gasteiger partial charge in [0.2, 0.25) is 0 Å². The summed E-state index contributed by atoms with van der Waals surface area (Å²) in [5.74, 6) is 0.582. The van der Waals surface area contributed by atoms with Crippen LogP contribution < -0.4 is 9.64 Å². The van der Waals surface area contributed by atoms with E-state index in [0.29, 0.717) is 12.3 Å². The Morgan fingerprint density at radius 3 is 2.70 bits per heavy atom. The van der Waals surface area contributed by atoms with Gasteiger partial charge in [-0.25, -0.2) is 4.79 Å². The lowest BCUT2D eigenvalue weighted by atomic mass is 9.99. The minimum absolute atomic E-state index is 0.300. The molecule has 0 N–H and O–H groups in total. The molecule has 0 saturated carbocycles. The molecule has 0 aromatic heterocycles.